The summed E-state index contributed by atoms with van der Waals surface area (Å²) in [4.78, 5) is 27.0. The van der Waals surface area contributed by atoms with Gasteiger partial charge in [-0.25, -0.2) is 0 Å². The van der Waals surface area contributed by atoms with E-state index in [-0.39, 0.29) is 11.1 Å². The lowest BCUT2D eigenvalue weighted by Crippen LogP contribution is -2.22. The summed E-state index contributed by atoms with van der Waals surface area (Å²) in [5.41, 5.74) is 0.754. The Hall–Kier alpha value is -3.53. The van der Waals surface area contributed by atoms with Crippen LogP contribution in [0.3, 0.4) is 0 Å². The van der Waals surface area contributed by atoms with Crippen molar-refractivity contribution < 1.29 is 9.47 Å². The molecule has 0 aliphatic carbocycles. The number of aryl methyl sites for hydroxylation is 2. The van der Waals surface area contributed by atoms with E-state index in [0.717, 1.165) is 29.9 Å². The molecule has 0 amide bonds. The summed E-state index contributed by atoms with van der Waals surface area (Å²) in [6.45, 7) is 5.51. The molecule has 7 nitrogen and oxygen atoms in total. The summed E-state index contributed by atoms with van der Waals surface area (Å²) in [6, 6.07) is 10.7. The Balaban J connectivity index is 1.76. The standard InChI is InChI=1S/C22H23N3O4/c1-3-28-19-8-7-15(12-20(19)29-4-2)6-5-10-25-11-9-18-17(22(25)27)13-16(14-23)21(26)24-18/h7-9,11-13H,3-6,10H2,1-2H3,(H,24,26). The Morgan fingerprint density at radius 1 is 1.07 bits per heavy atom. The monoisotopic (exact) mass is 393 g/mol. The molecule has 7 heteroatoms. The SMILES string of the molecule is CCOc1ccc(CCCn2ccc3[nH]c(=O)c(C#N)cc3c2=O)cc1OCC. The first-order chi connectivity index (χ1) is 14.1. The van der Waals surface area contributed by atoms with E-state index in [1.165, 1.54) is 6.07 Å². The molecule has 0 aliphatic heterocycles. The zero-order chi connectivity index (χ0) is 20.8. The van der Waals surface area contributed by atoms with E-state index in [2.05, 4.69) is 4.98 Å². The summed E-state index contributed by atoms with van der Waals surface area (Å²) in [5, 5.41) is 9.36. The highest BCUT2D eigenvalue weighted by Crippen LogP contribution is 2.29. The van der Waals surface area contributed by atoms with Crippen molar-refractivity contribution in [2.45, 2.75) is 33.2 Å². The van der Waals surface area contributed by atoms with Gasteiger partial charge in [-0.2, -0.15) is 5.26 Å². The van der Waals surface area contributed by atoms with E-state index in [1.54, 1.807) is 16.8 Å². The van der Waals surface area contributed by atoms with E-state index in [1.807, 2.05) is 38.1 Å². The van der Waals surface area contributed by atoms with Crippen LogP contribution < -0.4 is 20.6 Å². The maximum Gasteiger partial charge on any atom is 0.266 e. The minimum absolute atomic E-state index is 0.0646. The molecule has 2 heterocycles. The summed E-state index contributed by atoms with van der Waals surface area (Å²) in [5.74, 6) is 1.45. The van der Waals surface area contributed by atoms with Crippen LogP contribution in [0.2, 0.25) is 0 Å². The predicted molar refractivity (Wildman–Crippen MR) is 111 cm³/mol. The van der Waals surface area contributed by atoms with Crippen molar-refractivity contribution in [3.63, 3.8) is 0 Å². The van der Waals surface area contributed by atoms with Gasteiger partial charge in [-0.1, -0.05) is 6.07 Å². The molecule has 3 aromatic rings. The second-order valence-electron chi connectivity index (χ2n) is 6.52. The Bertz CT molecular complexity index is 1170. The molecule has 29 heavy (non-hydrogen) atoms. The van der Waals surface area contributed by atoms with E-state index in [9.17, 15) is 9.59 Å². The third-order valence-corrected chi connectivity index (χ3v) is 4.58. The summed E-state index contributed by atoms with van der Waals surface area (Å²) >= 11 is 0. The zero-order valence-electron chi connectivity index (χ0n) is 16.5. The number of nitriles is 1. The molecule has 1 aromatic carbocycles. The van der Waals surface area contributed by atoms with Gasteiger partial charge in [-0.3, -0.25) is 9.59 Å². The number of aromatic nitrogens is 2. The summed E-state index contributed by atoms with van der Waals surface area (Å²) in [6.07, 6.45) is 3.18. The van der Waals surface area contributed by atoms with Crippen LogP contribution in [0.1, 0.15) is 31.4 Å². The van der Waals surface area contributed by atoms with Gasteiger partial charge < -0.3 is 19.0 Å². The van der Waals surface area contributed by atoms with Crippen molar-refractivity contribution in [3.8, 4) is 17.6 Å². The quantitative estimate of drug-likeness (QED) is 0.634. The molecule has 0 atom stereocenters. The third-order valence-electron chi connectivity index (χ3n) is 4.58. The molecule has 3 rings (SSSR count). The van der Waals surface area contributed by atoms with Crippen LogP contribution in [0.15, 0.2) is 46.1 Å². The first kappa shape index (κ1) is 20.2. The fourth-order valence-electron chi connectivity index (χ4n) is 3.20. The maximum absolute atomic E-state index is 12.7. The Kier molecular flexibility index (Phi) is 6.35. The van der Waals surface area contributed by atoms with E-state index in [0.29, 0.717) is 30.7 Å². The van der Waals surface area contributed by atoms with Gasteiger partial charge in [0.2, 0.25) is 0 Å². The lowest BCUT2D eigenvalue weighted by Gasteiger charge is -2.13. The first-order valence-electron chi connectivity index (χ1n) is 9.62. The minimum Gasteiger partial charge on any atom is -0.490 e. The number of aromatic amines is 1. The largest absolute Gasteiger partial charge is 0.490 e. The minimum atomic E-state index is -0.488. The molecule has 0 spiro atoms. The topological polar surface area (TPSA) is 97.1 Å². The van der Waals surface area contributed by atoms with Crippen LogP contribution in [-0.4, -0.2) is 22.8 Å². The average molecular weight is 393 g/mol. The van der Waals surface area contributed by atoms with Gasteiger partial charge in [0.1, 0.15) is 11.6 Å². The molecular weight excluding hydrogens is 370 g/mol. The number of nitrogens with one attached hydrogen (secondary N) is 1. The van der Waals surface area contributed by atoms with Gasteiger partial charge in [0.05, 0.1) is 24.1 Å². The van der Waals surface area contributed by atoms with E-state index in [4.69, 9.17) is 14.7 Å². The molecule has 0 bridgehead atoms. The van der Waals surface area contributed by atoms with Crippen LogP contribution in [-0.2, 0) is 13.0 Å². The van der Waals surface area contributed by atoms with Crippen molar-refractivity contribution in [3.05, 3.63) is 68.4 Å². The number of nitrogens with zero attached hydrogens (tertiary/aromatic N) is 2. The van der Waals surface area contributed by atoms with Crippen LogP contribution >= 0.6 is 0 Å². The lowest BCUT2D eigenvalue weighted by molar-refractivity contribution is 0.287. The average Bonchev–Trinajstić information content (AvgIpc) is 2.71. The van der Waals surface area contributed by atoms with Crippen LogP contribution in [0, 0.1) is 11.3 Å². The number of hydrogen-bond donors (Lipinski definition) is 1. The molecule has 0 saturated heterocycles. The molecular formula is C22H23N3O4. The number of H-pyrrole nitrogens is 1. The maximum atomic E-state index is 12.7. The number of hydrogen-bond acceptors (Lipinski definition) is 5. The van der Waals surface area contributed by atoms with Gasteiger partial charge in [0.15, 0.2) is 11.5 Å². The van der Waals surface area contributed by atoms with Gasteiger partial charge in [-0.15, -0.1) is 0 Å². The molecule has 150 valence electrons. The van der Waals surface area contributed by atoms with Crippen LogP contribution in [0.25, 0.3) is 10.9 Å². The van der Waals surface area contributed by atoms with Crippen LogP contribution in [0.5, 0.6) is 11.5 Å². The highest BCUT2D eigenvalue weighted by atomic mass is 16.5. The van der Waals surface area contributed by atoms with Crippen molar-refractivity contribution in [1.82, 2.24) is 9.55 Å². The number of pyridine rings is 2. The first-order valence-corrected chi connectivity index (χ1v) is 9.62. The molecule has 2 aromatic heterocycles. The molecule has 1 N–H and O–H groups in total. The van der Waals surface area contributed by atoms with Gasteiger partial charge in [-0.05, 0) is 56.5 Å². The molecule has 0 fully saturated rings. The fraction of sp³-hybridized carbons (Fsp3) is 0.318. The lowest BCUT2D eigenvalue weighted by atomic mass is 10.1. The van der Waals surface area contributed by atoms with Crippen molar-refractivity contribution in [1.29, 1.82) is 5.26 Å². The van der Waals surface area contributed by atoms with Gasteiger partial charge in [0.25, 0.3) is 11.1 Å². The molecule has 0 aliphatic rings. The fourth-order valence-corrected chi connectivity index (χ4v) is 3.20. The number of ether oxygens (including phenoxy) is 2. The second-order valence-corrected chi connectivity index (χ2v) is 6.52. The highest BCUT2D eigenvalue weighted by Gasteiger charge is 2.09. The Morgan fingerprint density at radius 2 is 1.83 bits per heavy atom. The van der Waals surface area contributed by atoms with E-state index >= 15 is 0 Å². The van der Waals surface area contributed by atoms with Crippen molar-refractivity contribution in [2.24, 2.45) is 0 Å². The smallest absolute Gasteiger partial charge is 0.266 e. The van der Waals surface area contributed by atoms with Crippen LogP contribution in [0.4, 0.5) is 0 Å². The third kappa shape index (κ3) is 4.49. The number of benzene rings is 1. The highest BCUT2D eigenvalue weighted by molar-refractivity contribution is 5.78. The van der Waals surface area contributed by atoms with Gasteiger partial charge >= 0.3 is 0 Å². The van der Waals surface area contributed by atoms with Crippen molar-refractivity contribution >= 4 is 10.9 Å². The molecule has 0 radical (unpaired) electrons. The Morgan fingerprint density at radius 3 is 2.55 bits per heavy atom. The Labute approximate surface area is 168 Å². The van der Waals surface area contributed by atoms with Gasteiger partial charge in [0, 0.05) is 12.7 Å². The summed E-state index contributed by atoms with van der Waals surface area (Å²) in [7, 11) is 0. The second kappa shape index (κ2) is 9.11. The van der Waals surface area contributed by atoms with Crippen molar-refractivity contribution in [2.75, 3.05) is 13.2 Å². The molecule has 0 unspecified atom stereocenters. The van der Waals surface area contributed by atoms with E-state index < -0.39 is 5.56 Å². The summed E-state index contributed by atoms with van der Waals surface area (Å²) < 4.78 is 12.8. The molecule has 0 saturated carbocycles. The normalized spacial score (nSPS) is 10.7. The number of rotatable bonds is 8. The predicted octanol–water partition coefficient (Wildman–Crippen LogP) is 2.99. The zero-order valence-corrected chi connectivity index (χ0v) is 16.5. The number of fused-ring (bicyclic) bond motifs is 1.